The summed E-state index contributed by atoms with van der Waals surface area (Å²) in [7, 11) is 1.95. The second-order valence-corrected chi connectivity index (χ2v) is 4.39. The molecule has 0 saturated heterocycles. The standard InChI is InChI=1S/C12H15ClN4/c1-8-10(9(2)17(3)16-8)6-15-12-7-14-5-4-11(12)13/h4-5,7,15H,6H2,1-3H3. The van der Waals surface area contributed by atoms with Gasteiger partial charge in [-0.1, -0.05) is 11.6 Å². The molecule has 1 N–H and O–H groups in total. The lowest BCUT2D eigenvalue weighted by atomic mass is 10.2. The predicted molar refractivity (Wildman–Crippen MR) is 69.3 cm³/mol. The maximum atomic E-state index is 6.05. The zero-order valence-electron chi connectivity index (χ0n) is 10.2. The third kappa shape index (κ3) is 2.42. The summed E-state index contributed by atoms with van der Waals surface area (Å²) < 4.78 is 1.89. The molecule has 0 unspecified atom stereocenters. The van der Waals surface area contributed by atoms with Crippen LogP contribution in [-0.2, 0) is 13.6 Å². The first-order valence-electron chi connectivity index (χ1n) is 5.42. The Morgan fingerprint density at radius 2 is 2.18 bits per heavy atom. The normalized spacial score (nSPS) is 10.6. The lowest BCUT2D eigenvalue weighted by Crippen LogP contribution is -2.03. The van der Waals surface area contributed by atoms with Crippen LogP contribution >= 0.6 is 11.6 Å². The molecule has 0 atom stereocenters. The van der Waals surface area contributed by atoms with Crippen molar-refractivity contribution in [2.24, 2.45) is 7.05 Å². The summed E-state index contributed by atoms with van der Waals surface area (Å²) in [5.41, 5.74) is 4.25. The minimum Gasteiger partial charge on any atom is -0.378 e. The van der Waals surface area contributed by atoms with E-state index in [-0.39, 0.29) is 0 Å². The first kappa shape index (κ1) is 11.9. The molecule has 2 heterocycles. The fourth-order valence-electron chi connectivity index (χ4n) is 1.76. The maximum absolute atomic E-state index is 6.05. The molecule has 5 heteroatoms. The van der Waals surface area contributed by atoms with E-state index in [9.17, 15) is 0 Å². The number of aryl methyl sites for hydroxylation is 2. The van der Waals surface area contributed by atoms with Crippen molar-refractivity contribution < 1.29 is 0 Å². The SMILES string of the molecule is Cc1nn(C)c(C)c1CNc1cnccc1Cl. The highest BCUT2D eigenvalue weighted by Crippen LogP contribution is 2.21. The molecule has 0 aliphatic carbocycles. The Balaban J connectivity index is 2.15. The molecule has 2 aromatic rings. The highest BCUT2D eigenvalue weighted by atomic mass is 35.5. The Labute approximate surface area is 106 Å². The largest absolute Gasteiger partial charge is 0.378 e. The lowest BCUT2D eigenvalue weighted by molar-refractivity contribution is 0.730. The first-order chi connectivity index (χ1) is 8.09. The molecule has 90 valence electrons. The van der Waals surface area contributed by atoms with Gasteiger partial charge in [0.1, 0.15) is 0 Å². The van der Waals surface area contributed by atoms with Gasteiger partial charge in [-0.05, 0) is 19.9 Å². The van der Waals surface area contributed by atoms with Gasteiger partial charge in [0.25, 0.3) is 0 Å². The number of pyridine rings is 1. The lowest BCUT2D eigenvalue weighted by Gasteiger charge is -2.07. The predicted octanol–water partition coefficient (Wildman–Crippen LogP) is 2.70. The molecule has 0 aliphatic heterocycles. The third-order valence-corrected chi connectivity index (χ3v) is 3.21. The number of anilines is 1. The van der Waals surface area contributed by atoms with E-state index in [1.54, 1.807) is 18.5 Å². The summed E-state index contributed by atoms with van der Waals surface area (Å²) in [6, 6.07) is 1.77. The van der Waals surface area contributed by atoms with E-state index < -0.39 is 0 Å². The van der Waals surface area contributed by atoms with Crippen molar-refractivity contribution in [1.29, 1.82) is 0 Å². The highest BCUT2D eigenvalue weighted by molar-refractivity contribution is 6.33. The van der Waals surface area contributed by atoms with Crippen molar-refractivity contribution in [2.45, 2.75) is 20.4 Å². The van der Waals surface area contributed by atoms with Crippen LogP contribution in [0.1, 0.15) is 17.0 Å². The monoisotopic (exact) mass is 250 g/mol. The topological polar surface area (TPSA) is 42.7 Å². The van der Waals surface area contributed by atoms with E-state index in [2.05, 4.69) is 22.3 Å². The van der Waals surface area contributed by atoms with Crippen LogP contribution in [0.3, 0.4) is 0 Å². The summed E-state index contributed by atoms with van der Waals surface area (Å²) >= 11 is 6.05. The van der Waals surface area contributed by atoms with Crippen LogP contribution in [0, 0.1) is 13.8 Å². The molecule has 0 radical (unpaired) electrons. The molecule has 17 heavy (non-hydrogen) atoms. The zero-order chi connectivity index (χ0) is 12.4. The number of nitrogens with zero attached hydrogens (tertiary/aromatic N) is 3. The zero-order valence-corrected chi connectivity index (χ0v) is 10.9. The van der Waals surface area contributed by atoms with Gasteiger partial charge in [-0.25, -0.2) is 0 Å². The Morgan fingerprint density at radius 1 is 1.41 bits per heavy atom. The molecule has 0 amide bonds. The average Bonchev–Trinajstić information content (AvgIpc) is 2.53. The third-order valence-electron chi connectivity index (χ3n) is 2.88. The minimum atomic E-state index is 0.680. The number of aromatic nitrogens is 3. The molecule has 0 aromatic carbocycles. The van der Waals surface area contributed by atoms with E-state index in [4.69, 9.17) is 11.6 Å². The summed E-state index contributed by atoms with van der Waals surface area (Å²) in [6.07, 6.45) is 3.40. The fraction of sp³-hybridized carbons (Fsp3) is 0.333. The Hall–Kier alpha value is -1.55. The van der Waals surface area contributed by atoms with Gasteiger partial charge < -0.3 is 5.32 Å². The number of rotatable bonds is 3. The van der Waals surface area contributed by atoms with Crippen LogP contribution in [0.25, 0.3) is 0 Å². The highest BCUT2D eigenvalue weighted by Gasteiger charge is 2.09. The molecule has 0 fully saturated rings. The number of hydrogen-bond donors (Lipinski definition) is 1. The summed E-state index contributed by atoms with van der Waals surface area (Å²) in [6.45, 7) is 4.77. The average molecular weight is 251 g/mol. The van der Waals surface area contributed by atoms with Crippen LogP contribution in [0.4, 0.5) is 5.69 Å². The summed E-state index contributed by atoms with van der Waals surface area (Å²) in [5, 5.41) is 8.33. The van der Waals surface area contributed by atoms with Gasteiger partial charge in [0.05, 0.1) is 22.6 Å². The van der Waals surface area contributed by atoms with Gasteiger partial charge in [-0.3, -0.25) is 9.67 Å². The molecule has 0 aliphatic rings. The van der Waals surface area contributed by atoms with Gasteiger partial charge in [0.2, 0.25) is 0 Å². The Kier molecular flexibility index (Phi) is 3.33. The van der Waals surface area contributed by atoms with Crippen molar-refractivity contribution in [3.8, 4) is 0 Å². The van der Waals surface area contributed by atoms with Crippen LogP contribution < -0.4 is 5.32 Å². The van der Waals surface area contributed by atoms with Crippen LogP contribution in [0.15, 0.2) is 18.5 Å². The quantitative estimate of drug-likeness (QED) is 0.911. The summed E-state index contributed by atoms with van der Waals surface area (Å²) in [4.78, 5) is 4.04. The van der Waals surface area contributed by atoms with E-state index in [0.29, 0.717) is 11.6 Å². The van der Waals surface area contributed by atoms with Gasteiger partial charge in [-0.15, -0.1) is 0 Å². The second kappa shape index (κ2) is 4.75. The fourth-order valence-corrected chi connectivity index (χ4v) is 1.94. The smallest absolute Gasteiger partial charge is 0.0718 e. The van der Waals surface area contributed by atoms with Gasteiger partial charge in [0.15, 0.2) is 0 Å². The van der Waals surface area contributed by atoms with Gasteiger partial charge in [-0.2, -0.15) is 5.10 Å². The Morgan fingerprint density at radius 3 is 2.76 bits per heavy atom. The number of hydrogen-bond acceptors (Lipinski definition) is 3. The van der Waals surface area contributed by atoms with Gasteiger partial charge >= 0.3 is 0 Å². The van der Waals surface area contributed by atoms with E-state index in [1.165, 1.54) is 5.56 Å². The number of halogens is 1. The van der Waals surface area contributed by atoms with Crippen molar-refractivity contribution >= 4 is 17.3 Å². The second-order valence-electron chi connectivity index (χ2n) is 3.98. The van der Waals surface area contributed by atoms with Crippen molar-refractivity contribution in [3.05, 3.63) is 40.4 Å². The van der Waals surface area contributed by atoms with Crippen LogP contribution in [0.2, 0.25) is 5.02 Å². The molecule has 4 nitrogen and oxygen atoms in total. The van der Waals surface area contributed by atoms with E-state index >= 15 is 0 Å². The molecular formula is C12H15ClN4. The molecule has 2 rings (SSSR count). The van der Waals surface area contributed by atoms with Crippen molar-refractivity contribution in [3.63, 3.8) is 0 Å². The Bertz CT molecular complexity index is 533. The number of nitrogens with one attached hydrogen (secondary N) is 1. The van der Waals surface area contributed by atoms with Crippen molar-refractivity contribution in [1.82, 2.24) is 14.8 Å². The molecule has 2 aromatic heterocycles. The van der Waals surface area contributed by atoms with E-state index in [1.807, 2.05) is 18.7 Å². The van der Waals surface area contributed by atoms with Crippen LogP contribution in [0.5, 0.6) is 0 Å². The first-order valence-corrected chi connectivity index (χ1v) is 5.80. The summed E-state index contributed by atoms with van der Waals surface area (Å²) in [5.74, 6) is 0. The molecular weight excluding hydrogens is 236 g/mol. The molecule has 0 saturated carbocycles. The van der Waals surface area contributed by atoms with E-state index in [0.717, 1.165) is 17.1 Å². The van der Waals surface area contributed by atoms with Gasteiger partial charge in [0, 0.05) is 31.0 Å². The minimum absolute atomic E-state index is 0.680. The van der Waals surface area contributed by atoms with Crippen molar-refractivity contribution in [2.75, 3.05) is 5.32 Å². The molecule has 0 spiro atoms. The maximum Gasteiger partial charge on any atom is 0.0718 e. The molecule has 0 bridgehead atoms. The van der Waals surface area contributed by atoms with Crippen LogP contribution in [-0.4, -0.2) is 14.8 Å².